The van der Waals surface area contributed by atoms with Gasteiger partial charge in [-0.2, -0.15) is 0 Å². The molecule has 3 aromatic rings. The van der Waals surface area contributed by atoms with Crippen LogP contribution in [-0.4, -0.2) is 45.8 Å². The Labute approximate surface area is 195 Å². The predicted octanol–water partition coefficient (Wildman–Crippen LogP) is 3.99. The highest BCUT2D eigenvalue weighted by Crippen LogP contribution is 2.45. The van der Waals surface area contributed by atoms with Gasteiger partial charge in [0, 0.05) is 24.0 Å². The summed E-state index contributed by atoms with van der Waals surface area (Å²) in [5, 5.41) is 9.99. The number of carbonyl (C=O) groups excluding carboxylic acids is 2. The first-order valence-electron chi connectivity index (χ1n) is 10.8. The van der Waals surface area contributed by atoms with Gasteiger partial charge in [0.25, 0.3) is 11.8 Å². The van der Waals surface area contributed by atoms with Crippen molar-refractivity contribution in [3.05, 3.63) is 87.3 Å². The fourth-order valence-electron chi connectivity index (χ4n) is 4.95. The van der Waals surface area contributed by atoms with Crippen molar-refractivity contribution >= 4 is 34.1 Å². The van der Waals surface area contributed by atoms with Crippen molar-refractivity contribution in [2.75, 3.05) is 18.8 Å². The van der Waals surface area contributed by atoms with Crippen molar-refractivity contribution in [1.82, 2.24) is 9.80 Å². The average molecular weight is 462 g/mol. The van der Waals surface area contributed by atoms with Gasteiger partial charge in [-0.05, 0) is 36.6 Å². The van der Waals surface area contributed by atoms with Gasteiger partial charge >= 0.3 is 5.97 Å². The lowest BCUT2D eigenvalue weighted by Crippen LogP contribution is -2.44. The van der Waals surface area contributed by atoms with E-state index in [-0.39, 0.29) is 41.0 Å². The summed E-state index contributed by atoms with van der Waals surface area (Å²) < 4.78 is 0. The van der Waals surface area contributed by atoms with Gasteiger partial charge in [-0.3, -0.25) is 19.4 Å². The number of nitrogens with zero attached hydrogens (tertiary/aromatic N) is 2. The summed E-state index contributed by atoms with van der Waals surface area (Å²) in [4.78, 5) is 42.4. The minimum atomic E-state index is -1.05. The molecule has 0 saturated carbocycles. The first-order valence-corrected chi connectivity index (χ1v) is 11.6. The molecule has 3 N–H and O–H groups in total. The molecule has 33 heavy (non-hydrogen) atoms. The molecule has 2 amide bonds. The molecule has 2 atom stereocenters. The minimum absolute atomic E-state index is 0.00358. The molecular weight excluding hydrogens is 438 g/mol. The molecule has 0 fully saturated rings. The monoisotopic (exact) mass is 461 g/mol. The first-order chi connectivity index (χ1) is 15.9. The molecular formula is C25H23N3O4S. The van der Waals surface area contributed by atoms with Gasteiger partial charge in [0.2, 0.25) is 0 Å². The summed E-state index contributed by atoms with van der Waals surface area (Å²) in [6.45, 7) is 2.81. The standard InChI is InChI=1S/C25H23N3O4S/c1-14(15-7-3-2-4-8-15)27-12-11-18-20(25(31)32)22(26)33-21(18)19(27)13-28-23(29)16-9-5-6-10-17(16)24(28)30/h2-10,14,19H,11-13,26H2,1H3,(H,31,32). The topological polar surface area (TPSA) is 104 Å². The largest absolute Gasteiger partial charge is 0.478 e. The zero-order valence-electron chi connectivity index (χ0n) is 18.0. The van der Waals surface area contributed by atoms with Crippen molar-refractivity contribution in [2.45, 2.75) is 25.4 Å². The maximum atomic E-state index is 13.1. The number of amides is 2. The van der Waals surface area contributed by atoms with Crippen LogP contribution < -0.4 is 5.73 Å². The minimum Gasteiger partial charge on any atom is -0.478 e. The Hall–Kier alpha value is -3.49. The van der Waals surface area contributed by atoms with Crippen molar-refractivity contribution in [3.8, 4) is 0 Å². The van der Waals surface area contributed by atoms with E-state index in [0.717, 1.165) is 10.4 Å². The number of carbonyl (C=O) groups is 3. The molecule has 2 unspecified atom stereocenters. The second-order valence-corrected chi connectivity index (χ2v) is 9.43. The van der Waals surface area contributed by atoms with E-state index in [1.165, 1.54) is 16.2 Å². The SMILES string of the molecule is CC(c1ccccc1)N1CCc2c(sc(N)c2C(=O)O)C1CN1C(=O)c2ccccc2C1=O. The molecule has 1 aromatic heterocycles. The summed E-state index contributed by atoms with van der Waals surface area (Å²) >= 11 is 1.25. The molecule has 5 rings (SSSR count). The van der Waals surface area contributed by atoms with Crippen molar-refractivity contribution < 1.29 is 19.5 Å². The van der Waals surface area contributed by atoms with Crippen molar-refractivity contribution in [1.29, 1.82) is 0 Å². The van der Waals surface area contributed by atoms with Gasteiger partial charge in [-0.15, -0.1) is 11.3 Å². The summed E-state index contributed by atoms with van der Waals surface area (Å²) in [6.07, 6.45) is 0.542. The van der Waals surface area contributed by atoms with Crippen LogP contribution in [0.25, 0.3) is 0 Å². The van der Waals surface area contributed by atoms with Crippen LogP contribution in [0.4, 0.5) is 5.00 Å². The number of carboxylic acids is 1. The first kappa shape index (κ1) is 21.4. The van der Waals surface area contributed by atoms with E-state index in [4.69, 9.17) is 5.73 Å². The molecule has 168 valence electrons. The average Bonchev–Trinajstić information content (AvgIpc) is 3.29. The van der Waals surface area contributed by atoms with Crippen LogP contribution in [0, 0.1) is 0 Å². The molecule has 0 spiro atoms. The van der Waals surface area contributed by atoms with Gasteiger partial charge in [-0.25, -0.2) is 4.79 Å². The maximum absolute atomic E-state index is 13.1. The third-order valence-corrected chi connectivity index (χ3v) is 7.78. The highest BCUT2D eigenvalue weighted by molar-refractivity contribution is 7.16. The van der Waals surface area contributed by atoms with E-state index < -0.39 is 5.97 Å². The molecule has 7 nitrogen and oxygen atoms in total. The van der Waals surface area contributed by atoms with Crippen LogP contribution in [0.3, 0.4) is 0 Å². The van der Waals surface area contributed by atoms with Crippen molar-refractivity contribution in [3.63, 3.8) is 0 Å². The van der Waals surface area contributed by atoms with E-state index in [1.54, 1.807) is 24.3 Å². The number of nitrogens with two attached hydrogens (primary N) is 1. The summed E-state index contributed by atoms with van der Waals surface area (Å²) in [7, 11) is 0. The molecule has 8 heteroatoms. The Morgan fingerprint density at radius 2 is 1.70 bits per heavy atom. The molecule has 0 bridgehead atoms. The zero-order valence-corrected chi connectivity index (χ0v) is 18.8. The summed E-state index contributed by atoms with van der Waals surface area (Å²) in [6, 6.07) is 16.5. The lowest BCUT2D eigenvalue weighted by Gasteiger charge is -2.41. The van der Waals surface area contributed by atoms with E-state index >= 15 is 0 Å². The lowest BCUT2D eigenvalue weighted by molar-refractivity contribution is 0.0534. The van der Waals surface area contributed by atoms with Gasteiger partial charge < -0.3 is 10.8 Å². The van der Waals surface area contributed by atoms with Gasteiger partial charge in [0.1, 0.15) is 5.00 Å². The number of nitrogen functional groups attached to an aromatic ring is 1. The maximum Gasteiger partial charge on any atom is 0.338 e. The number of rotatable bonds is 5. The fraction of sp³-hybridized carbons (Fsp3) is 0.240. The molecule has 2 aromatic carbocycles. The smallest absolute Gasteiger partial charge is 0.338 e. The number of anilines is 1. The third kappa shape index (κ3) is 3.42. The van der Waals surface area contributed by atoms with E-state index in [0.29, 0.717) is 29.7 Å². The Balaban J connectivity index is 1.56. The zero-order chi connectivity index (χ0) is 23.3. The van der Waals surface area contributed by atoms with Gasteiger partial charge in [-0.1, -0.05) is 42.5 Å². The normalized spacial score (nSPS) is 18.8. The third-order valence-electron chi connectivity index (χ3n) is 6.62. The number of fused-ring (bicyclic) bond motifs is 2. The molecule has 0 radical (unpaired) electrons. The quantitative estimate of drug-likeness (QED) is 0.557. The number of imide groups is 1. The number of carboxylic acid groups (broad SMARTS) is 1. The molecule has 2 aliphatic rings. The Morgan fingerprint density at radius 3 is 2.30 bits per heavy atom. The number of thiophene rings is 1. The van der Waals surface area contributed by atoms with Crippen LogP contribution in [0.1, 0.15) is 66.1 Å². The molecule has 3 heterocycles. The van der Waals surface area contributed by atoms with E-state index in [9.17, 15) is 19.5 Å². The van der Waals surface area contributed by atoms with Crippen LogP contribution in [-0.2, 0) is 6.42 Å². The number of aromatic carboxylic acids is 1. The van der Waals surface area contributed by atoms with Crippen LogP contribution in [0.2, 0.25) is 0 Å². The highest BCUT2D eigenvalue weighted by Gasteiger charge is 2.42. The Kier molecular flexibility index (Phi) is 5.26. The number of hydrogen-bond acceptors (Lipinski definition) is 6. The van der Waals surface area contributed by atoms with Crippen molar-refractivity contribution in [2.24, 2.45) is 0 Å². The second-order valence-electron chi connectivity index (χ2n) is 8.35. The van der Waals surface area contributed by atoms with Crippen LogP contribution in [0.15, 0.2) is 54.6 Å². The molecule has 0 saturated heterocycles. The van der Waals surface area contributed by atoms with E-state index in [1.807, 2.05) is 30.3 Å². The summed E-state index contributed by atoms with van der Waals surface area (Å²) in [5.74, 6) is -1.69. The predicted molar refractivity (Wildman–Crippen MR) is 126 cm³/mol. The lowest BCUT2D eigenvalue weighted by atomic mass is 9.94. The summed E-state index contributed by atoms with van der Waals surface area (Å²) in [5.41, 5.74) is 8.89. The highest BCUT2D eigenvalue weighted by atomic mass is 32.1. The van der Waals surface area contributed by atoms with Crippen LogP contribution in [0.5, 0.6) is 0 Å². The fourth-order valence-corrected chi connectivity index (χ4v) is 6.18. The Bertz CT molecular complexity index is 1230. The van der Waals surface area contributed by atoms with Gasteiger partial charge in [0.05, 0.1) is 22.7 Å². The number of hydrogen-bond donors (Lipinski definition) is 2. The number of benzene rings is 2. The van der Waals surface area contributed by atoms with Gasteiger partial charge in [0.15, 0.2) is 0 Å². The van der Waals surface area contributed by atoms with E-state index in [2.05, 4.69) is 11.8 Å². The Morgan fingerprint density at radius 1 is 1.09 bits per heavy atom. The molecule has 2 aliphatic heterocycles. The van der Waals surface area contributed by atoms with Crippen LogP contribution >= 0.6 is 11.3 Å². The second kappa shape index (κ2) is 8.13. The molecule has 0 aliphatic carbocycles.